The number of sulfonamides is 1. The Balaban J connectivity index is 1.61. The Morgan fingerprint density at radius 1 is 1.15 bits per heavy atom. The second kappa shape index (κ2) is 10.1. The Morgan fingerprint density at radius 2 is 1.88 bits per heavy atom. The molecule has 1 aliphatic carbocycles. The van der Waals surface area contributed by atoms with Crippen LogP contribution in [0.15, 0.2) is 65.8 Å². The Bertz CT molecular complexity index is 1270. The summed E-state index contributed by atoms with van der Waals surface area (Å²) in [4.78, 5) is 17.6. The van der Waals surface area contributed by atoms with E-state index in [2.05, 4.69) is 10.3 Å². The molecule has 4 rings (SSSR count). The van der Waals surface area contributed by atoms with Crippen LogP contribution < -0.4 is 5.32 Å². The minimum absolute atomic E-state index is 0.0306. The molecule has 1 saturated carbocycles. The van der Waals surface area contributed by atoms with E-state index >= 15 is 0 Å². The van der Waals surface area contributed by atoms with Crippen LogP contribution in [0, 0.1) is 5.82 Å². The predicted octanol–water partition coefficient (Wildman–Crippen LogP) is 4.03. The summed E-state index contributed by atoms with van der Waals surface area (Å²) in [5, 5.41) is 2.89. The van der Waals surface area contributed by atoms with Gasteiger partial charge >= 0.3 is 0 Å². The number of benzene rings is 2. The van der Waals surface area contributed by atoms with Gasteiger partial charge in [-0.3, -0.25) is 4.79 Å². The molecule has 0 saturated heterocycles. The van der Waals surface area contributed by atoms with Crippen molar-refractivity contribution in [2.75, 3.05) is 7.05 Å². The van der Waals surface area contributed by atoms with Gasteiger partial charge in [0.25, 0.3) is 5.91 Å². The van der Waals surface area contributed by atoms with Gasteiger partial charge < -0.3 is 9.88 Å². The highest BCUT2D eigenvalue weighted by molar-refractivity contribution is 7.89. The maximum Gasteiger partial charge on any atom is 0.252 e. The third-order valence-electron chi connectivity index (χ3n) is 6.44. The average molecular weight is 485 g/mol. The smallest absolute Gasteiger partial charge is 0.252 e. The van der Waals surface area contributed by atoms with Gasteiger partial charge in [-0.05, 0) is 48.7 Å². The zero-order valence-electron chi connectivity index (χ0n) is 19.3. The number of nitrogens with one attached hydrogen (secondary N) is 1. The number of amides is 1. The van der Waals surface area contributed by atoms with E-state index in [-0.39, 0.29) is 16.5 Å². The lowest BCUT2D eigenvalue weighted by molar-refractivity contribution is 0.0941. The quantitative estimate of drug-likeness (QED) is 0.549. The monoisotopic (exact) mass is 484 g/mol. The summed E-state index contributed by atoms with van der Waals surface area (Å²) >= 11 is 0. The number of nitrogens with zero attached hydrogens (tertiary/aromatic N) is 3. The van der Waals surface area contributed by atoms with Crippen molar-refractivity contribution in [2.45, 2.75) is 49.1 Å². The number of hydrogen-bond donors (Lipinski definition) is 1. The van der Waals surface area contributed by atoms with Gasteiger partial charge in [0.2, 0.25) is 10.0 Å². The SMILES string of the molecule is CN(C1CCCCC1)S(=O)(=O)c1cccc(C(=O)NC(c2cccc(F)c2)c2nccn2C)c1. The van der Waals surface area contributed by atoms with E-state index in [1.54, 1.807) is 55.3 Å². The molecular formula is C25H29FN4O3S. The minimum atomic E-state index is -3.74. The molecule has 7 nitrogen and oxygen atoms in total. The molecule has 1 amide bonds. The lowest BCUT2D eigenvalue weighted by atomic mass is 9.96. The number of hydrogen-bond acceptors (Lipinski definition) is 4. The van der Waals surface area contributed by atoms with Crippen LogP contribution in [0.3, 0.4) is 0 Å². The van der Waals surface area contributed by atoms with E-state index in [9.17, 15) is 17.6 Å². The fraction of sp³-hybridized carbons (Fsp3) is 0.360. The van der Waals surface area contributed by atoms with Crippen LogP contribution in [-0.2, 0) is 17.1 Å². The first-order valence-corrected chi connectivity index (χ1v) is 12.8. The highest BCUT2D eigenvalue weighted by Gasteiger charge is 2.30. The molecule has 0 bridgehead atoms. The summed E-state index contributed by atoms with van der Waals surface area (Å²) in [6.45, 7) is 0. The Hall–Kier alpha value is -3.04. The number of imidazole rings is 1. The van der Waals surface area contributed by atoms with Gasteiger partial charge in [0.1, 0.15) is 17.7 Å². The highest BCUT2D eigenvalue weighted by atomic mass is 32.2. The minimum Gasteiger partial charge on any atom is -0.338 e. The molecule has 1 aliphatic rings. The molecule has 0 aliphatic heterocycles. The highest BCUT2D eigenvalue weighted by Crippen LogP contribution is 2.27. The van der Waals surface area contributed by atoms with Crippen molar-refractivity contribution in [3.05, 3.63) is 83.7 Å². The molecule has 34 heavy (non-hydrogen) atoms. The van der Waals surface area contributed by atoms with Gasteiger partial charge in [-0.15, -0.1) is 0 Å². The molecule has 180 valence electrons. The molecule has 1 unspecified atom stereocenters. The topological polar surface area (TPSA) is 84.3 Å². The largest absolute Gasteiger partial charge is 0.338 e. The third kappa shape index (κ3) is 5.05. The van der Waals surface area contributed by atoms with Crippen molar-refractivity contribution < 1.29 is 17.6 Å². The van der Waals surface area contributed by atoms with E-state index in [0.717, 1.165) is 32.1 Å². The van der Waals surface area contributed by atoms with E-state index < -0.39 is 27.8 Å². The van der Waals surface area contributed by atoms with Gasteiger partial charge in [-0.25, -0.2) is 17.8 Å². The lowest BCUT2D eigenvalue weighted by Gasteiger charge is -2.30. The Labute approximate surface area is 199 Å². The number of aromatic nitrogens is 2. The van der Waals surface area contributed by atoms with Crippen molar-refractivity contribution in [3.8, 4) is 0 Å². The second-order valence-corrected chi connectivity index (χ2v) is 10.7. The number of rotatable bonds is 7. The van der Waals surface area contributed by atoms with Crippen LogP contribution in [0.1, 0.15) is 59.9 Å². The molecule has 1 fully saturated rings. The summed E-state index contributed by atoms with van der Waals surface area (Å²) in [6, 6.07) is 11.2. The van der Waals surface area contributed by atoms with E-state index in [4.69, 9.17) is 0 Å². The molecule has 1 N–H and O–H groups in total. The number of carbonyl (C=O) groups excluding carboxylic acids is 1. The normalized spacial score (nSPS) is 15.9. The Kier molecular flexibility index (Phi) is 7.13. The van der Waals surface area contributed by atoms with E-state index in [1.165, 1.54) is 28.6 Å². The Morgan fingerprint density at radius 3 is 2.56 bits per heavy atom. The van der Waals surface area contributed by atoms with Crippen molar-refractivity contribution in [1.29, 1.82) is 0 Å². The first-order valence-electron chi connectivity index (χ1n) is 11.4. The van der Waals surface area contributed by atoms with Gasteiger partial charge in [0.15, 0.2) is 0 Å². The zero-order chi connectivity index (χ0) is 24.3. The summed E-state index contributed by atoms with van der Waals surface area (Å²) in [5.74, 6) is -0.376. The van der Waals surface area contributed by atoms with Crippen LogP contribution >= 0.6 is 0 Å². The summed E-state index contributed by atoms with van der Waals surface area (Å²) in [7, 11) is -0.346. The van der Waals surface area contributed by atoms with Gasteiger partial charge in [0, 0.05) is 38.1 Å². The summed E-state index contributed by atoms with van der Waals surface area (Å²) in [5.41, 5.74) is 0.734. The molecule has 0 radical (unpaired) electrons. The standard InChI is InChI=1S/C25H29FN4O3S/c1-29-15-14-27-24(29)23(18-8-6-10-20(26)16-18)28-25(31)19-9-7-13-22(17-19)34(32,33)30(2)21-11-4-3-5-12-21/h6-10,13-17,21,23H,3-5,11-12H2,1-2H3,(H,28,31). The molecule has 9 heteroatoms. The van der Waals surface area contributed by atoms with Gasteiger partial charge in [-0.2, -0.15) is 4.31 Å². The third-order valence-corrected chi connectivity index (χ3v) is 8.34. The maximum absolute atomic E-state index is 13.9. The average Bonchev–Trinajstić information content (AvgIpc) is 3.28. The van der Waals surface area contributed by atoms with Crippen LogP contribution in [0.25, 0.3) is 0 Å². The number of halogens is 1. The van der Waals surface area contributed by atoms with Gasteiger partial charge in [0.05, 0.1) is 4.90 Å². The van der Waals surface area contributed by atoms with Crippen molar-refractivity contribution in [1.82, 2.24) is 19.2 Å². The maximum atomic E-state index is 13.9. The van der Waals surface area contributed by atoms with Gasteiger partial charge in [-0.1, -0.05) is 37.5 Å². The van der Waals surface area contributed by atoms with Crippen LogP contribution in [0.5, 0.6) is 0 Å². The molecule has 1 aromatic heterocycles. The van der Waals surface area contributed by atoms with E-state index in [1.807, 2.05) is 0 Å². The zero-order valence-corrected chi connectivity index (χ0v) is 20.1. The number of carbonyl (C=O) groups is 1. The molecular weight excluding hydrogens is 455 g/mol. The van der Waals surface area contributed by atoms with E-state index in [0.29, 0.717) is 11.4 Å². The van der Waals surface area contributed by atoms with Crippen molar-refractivity contribution in [2.24, 2.45) is 7.05 Å². The first-order chi connectivity index (χ1) is 16.3. The molecule has 0 spiro atoms. The van der Waals surface area contributed by atoms with Crippen molar-refractivity contribution in [3.63, 3.8) is 0 Å². The fourth-order valence-corrected chi connectivity index (χ4v) is 5.92. The number of aryl methyl sites for hydroxylation is 1. The summed E-state index contributed by atoms with van der Waals surface area (Å²) < 4.78 is 43.6. The fourth-order valence-electron chi connectivity index (χ4n) is 4.46. The van der Waals surface area contributed by atoms with Crippen LogP contribution in [0.2, 0.25) is 0 Å². The molecule has 1 atom stereocenters. The predicted molar refractivity (Wildman–Crippen MR) is 127 cm³/mol. The van der Waals surface area contributed by atoms with Crippen molar-refractivity contribution >= 4 is 15.9 Å². The molecule has 3 aromatic rings. The lowest BCUT2D eigenvalue weighted by Crippen LogP contribution is -2.38. The van der Waals surface area contributed by atoms with Crippen LogP contribution in [0.4, 0.5) is 4.39 Å². The summed E-state index contributed by atoms with van der Waals surface area (Å²) in [6.07, 6.45) is 8.18. The molecule has 2 aromatic carbocycles. The van der Waals surface area contributed by atoms with Crippen LogP contribution in [-0.4, -0.2) is 41.3 Å². The molecule has 1 heterocycles. The first kappa shape index (κ1) is 24.1. The second-order valence-electron chi connectivity index (χ2n) is 8.70.